The van der Waals surface area contributed by atoms with Crippen LogP contribution in [0.3, 0.4) is 0 Å². The first-order valence-corrected chi connectivity index (χ1v) is 5.27. The third-order valence-electron chi connectivity index (χ3n) is 2.33. The maximum Gasteiger partial charge on any atom is 0.255 e. The molecule has 0 aliphatic heterocycles. The van der Waals surface area contributed by atoms with Crippen molar-refractivity contribution in [1.29, 1.82) is 0 Å². The molecular weight excluding hydrogens is 202 g/mol. The van der Waals surface area contributed by atoms with Crippen LogP contribution < -0.4 is 5.73 Å². The summed E-state index contributed by atoms with van der Waals surface area (Å²) in [7, 11) is 0. The number of alkyl halides is 2. The highest BCUT2D eigenvalue weighted by Gasteiger charge is 2.18. The van der Waals surface area contributed by atoms with Gasteiger partial charge in [-0.3, -0.25) is 4.79 Å². The van der Waals surface area contributed by atoms with Gasteiger partial charge in [-0.1, -0.05) is 20.3 Å². The zero-order chi connectivity index (χ0) is 11.8. The Labute approximate surface area is 89.6 Å². The molecule has 0 saturated heterocycles. The Morgan fingerprint density at radius 1 is 1.47 bits per heavy atom. The number of rotatable bonds is 7. The third kappa shape index (κ3) is 6.38. The van der Waals surface area contributed by atoms with Crippen LogP contribution >= 0.6 is 0 Å². The molecule has 0 aliphatic rings. The molecule has 3 nitrogen and oxygen atoms in total. The van der Waals surface area contributed by atoms with Crippen LogP contribution in [0.5, 0.6) is 0 Å². The Morgan fingerprint density at radius 3 is 2.47 bits per heavy atom. The molecule has 0 aliphatic carbocycles. The summed E-state index contributed by atoms with van der Waals surface area (Å²) >= 11 is 0. The molecule has 0 aromatic rings. The standard InChI is InChI=1S/C10H20F2N2O/c1-3-8(2)6-10(15)14(5-4-13)7-9(11)12/h8-9H,3-7,13H2,1-2H3. The molecular formula is C10H20F2N2O. The van der Waals surface area contributed by atoms with Crippen molar-refractivity contribution >= 4 is 5.91 Å². The van der Waals surface area contributed by atoms with Gasteiger partial charge in [0.2, 0.25) is 5.91 Å². The minimum absolute atomic E-state index is 0.208. The first-order chi connectivity index (χ1) is 7.01. The van der Waals surface area contributed by atoms with Gasteiger partial charge >= 0.3 is 0 Å². The molecule has 0 radical (unpaired) electrons. The molecule has 2 N–H and O–H groups in total. The fourth-order valence-corrected chi connectivity index (χ4v) is 1.21. The van der Waals surface area contributed by atoms with E-state index in [1.807, 2.05) is 13.8 Å². The Hall–Kier alpha value is -0.710. The molecule has 1 amide bonds. The predicted octanol–water partition coefficient (Wildman–Crippen LogP) is 1.48. The van der Waals surface area contributed by atoms with Crippen LogP contribution in [0.2, 0.25) is 0 Å². The summed E-state index contributed by atoms with van der Waals surface area (Å²) in [6.07, 6.45) is -1.29. The molecule has 0 heterocycles. The van der Waals surface area contributed by atoms with Gasteiger partial charge in [-0.2, -0.15) is 0 Å². The van der Waals surface area contributed by atoms with E-state index in [1.165, 1.54) is 0 Å². The summed E-state index contributed by atoms with van der Waals surface area (Å²) < 4.78 is 24.3. The molecule has 0 spiro atoms. The summed E-state index contributed by atoms with van der Waals surface area (Å²) in [6, 6.07) is 0. The Morgan fingerprint density at radius 2 is 2.07 bits per heavy atom. The van der Waals surface area contributed by atoms with Crippen molar-refractivity contribution in [2.45, 2.75) is 33.1 Å². The van der Waals surface area contributed by atoms with Crippen molar-refractivity contribution in [2.75, 3.05) is 19.6 Å². The van der Waals surface area contributed by atoms with Gasteiger partial charge in [-0.15, -0.1) is 0 Å². The van der Waals surface area contributed by atoms with Gasteiger partial charge in [-0.25, -0.2) is 8.78 Å². The number of hydrogen-bond acceptors (Lipinski definition) is 2. The average molecular weight is 222 g/mol. The highest BCUT2D eigenvalue weighted by atomic mass is 19.3. The van der Waals surface area contributed by atoms with Crippen molar-refractivity contribution in [2.24, 2.45) is 11.7 Å². The van der Waals surface area contributed by atoms with E-state index >= 15 is 0 Å². The molecule has 1 unspecified atom stereocenters. The van der Waals surface area contributed by atoms with E-state index in [0.29, 0.717) is 6.42 Å². The quantitative estimate of drug-likeness (QED) is 0.709. The lowest BCUT2D eigenvalue weighted by atomic mass is 10.0. The molecule has 90 valence electrons. The molecule has 0 aromatic carbocycles. The monoisotopic (exact) mass is 222 g/mol. The number of nitrogens with zero attached hydrogens (tertiary/aromatic N) is 1. The number of carbonyl (C=O) groups is 1. The zero-order valence-electron chi connectivity index (χ0n) is 9.38. The van der Waals surface area contributed by atoms with Crippen LogP contribution in [-0.2, 0) is 4.79 Å². The fourth-order valence-electron chi connectivity index (χ4n) is 1.21. The minimum atomic E-state index is -2.49. The number of nitrogens with two attached hydrogens (primary N) is 1. The first kappa shape index (κ1) is 14.3. The Bertz CT molecular complexity index is 188. The van der Waals surface area contributed by atoms with E-state index in [-0.39, 0.29) is 24.9 Å². The molecule has 0 rings (SSSR count). The number of amides is 1. The second-order valence-electron chi connectivity index (χ2n) is 3.74. The van der Waals surface area contributed by atoms with Crippen LogP contribution in [0.15, 0.2) is 0 Å². The summed E-state index contributed by atoms with van der Waals surface area (Å²) in [6.45, 7) is 3.82. The summed E-state index contributed by atoms with van der Waals surface area (Å²) in [5.74, 6) is 0.00514. The average Bonchev–Trinajstić information content (AvgIpc) is 2.16. The van der Waals surface area contributed by atoms with Gasteiger partial charge in [0.1, 0.15) is 0 Å². The molecule has 0 aromatic heterocycles. The molecule has 1 atom stereocenters. The van der Waals surface area contributed by atoms with Crippen LogP contribution in [0, 0.1) is 5.92 Å². The van der Waals surface area contributed by atoms with Crippen molar-refractivity contribution in [3.8, 4) is 0 Å². The number of halogens is 2. The first-order valence-electron chi connectivity index (χ1n) is 5.27. The molecule has 0 saturated carbocycles. The van der Waals surface area contributed by atoms with Gasteiger partial charge in [0, 0.05) is 19.5 Å². The SMILES string of the molecule is CCC(C)CC(=O)N(CCN)CC(F)F. The minimum Gasteiger partial charge on any atom is -0.336 e. The Kier molecular flexibility index (Phi) is 7.21. The Balaban J connectivity index is 4.15. The van der Waals surface area contributed by atoms with E-state index in [0.717, 1.165) is 11.3 Å². The molecule has 0 fully saturated rings. The second kappa shape index (κ2) is 7.56. The zero-order valence-corrected chi connectivity index (χ0v) is 9.38. The van der Waals surface area contributed by atoms with Crippen LogP contribution in [0.25, 0.3) is 0 Å². The van der Waals surface area contributed by atoms with Gasteiger partial charge in [0.25, 0.3) is 6.43 Å². The molecule has 15 heavy (non-hydrogen) atoms. The highest BCUT2D eigenvalue weighted by molar-refractivity contribution is 5.76. The largest absolute Gasteiger partial charge is 0.336 e. The van der Waals surface area contributed by atoms with Crippen molar-refractivity contribution < 1.29 is 13.6 Å². The van der Waals surface area contributed by atoms with E-state index in [1.54, 1.807) is 0 Å². The lowest BCUT2D eigenvalue weighted by Crippen LogP contribution is -2.39. The highest BCUT2D eigenvalue weighted by Crippen LogP contribution is 2.10. The van der Waals surface area contributed by atoms with Gasteiger partial charge < -0.3 is 10.6 Å². The fraction of sp³-hybridized carbons (Fsp3) is 0.900. The van der Waals surface area contributed by atoms with Crippen molar-refractivity contribution in [3.05, 3.63) is 0 Å². The summed E-state index contributed by atoms with van der Waals surface area (Å²) in [4.78, 5) is 12.7. The van der Waals surface area contributed by atoms with E-state index in [2.05, 4.69) is 0 Å². The number of carbonyl (C=O) groups excluding carboxylic acids is 1. The summed E-state index contributed by atoms with van der Waals surface area (Å²) in [5.41, 5.74) is 5.27. The molecule has 0 bridgehead atoms. The van der Waals surface area contributed by atoms with Gasteiger partial charge in [0.15, 0.2) is 0 Å². The van der Waals surface area contributed by atoms with Crippen molar-refractivity contribution in [1.82, 2.24) is 4.90 Å². The topological polar surface area (TPSA) is 46.3 Å². The normalized spacial score (nSPS) is 12.9. The lowest BCUT2D eigenvalue weighted by molar-refractivity contribution is -0.133. The number of hydrogen-bond donors (Lipinski definition) is 1. The van der Waals surface area contributed by atoms with Crippen LogP contribution in [0.1, 0.15) is 26.7 Å². The van der Waals surface area contributed by atoms with Crippen LogP contribution in [0.4, 0.5) is 8.78 Å². The van der Waals surface area contributed by atoms with E-state index in [9.17, 15) is 13.6 Å². The molecule has 5 heteroatoms. The van der Waals surface area contributed by atoms with Crippen LogP contribution in [-0.4, -0.2) is 36.9 Å². The maximum atomic E-state index is 12.2. The smallest absolute Gasteiger partial charge is 0.255 e. The third-order valence-corrected chi connectivity index (χ3v) is 2.33. The maximum absolute atomic E-state index is 12.2. The van der Waals surface area contributed by atoms with E-state index < -0.39 is 13.0 Å². The summed E-state index contributed by atoms with van der Waals surface area (Å²) in [5, 5.41) is 0. The van der Waals surface area contributed by atoms with E-state index in [4.69, 9.17) is 5.73 Å². The van der Waals surface area contributed by atoms with Crippen molar-refractivity contribution in [3.63, 3.8) is 0 Å². The lowest BCUT2D eigenvalue weighted by Gasteiger charge is -2.22. The second-order valence-corrected chi connectivity index (χ2v) is 3.74. The predicted molar refractivity (Wildman–Crippen MR) is 55.7 cm³/mol. The van der Waals surface area contributed by atoms with Gasteiger partial charge in [0.05, 0.1) is 6.54 Å². The van der Waals surface area contributed by atoms with Gasteiger partial charge in [-0.05, 0) is 5.92 Å².